The van der Waals surface area contributed by atoms with Crippen molar-refractivity contribution >= 4 is 5.97 Å². The van der Waals surface area contributed by atoms with Crippen molar-refractivity contribution in [1.29, 1.82) is 0 Å². The first-order chi connectivity index (χ1) is 6.61. The third-order valence-corrected chi connectivity index (χ3v) is 1.84. The van der Waals surface area contributed by atoms with Crippen LogP contribution in [0.4, 0.5) is 0 Å². The molecule has 0 aromatic heterocycles. The van der Waals surface area contributed by atoms with Gasteiger partial charge >= 0.3 is 5.97 Å². The molecule has 0 bridgehead atoms. The first-order valence-corrected chi connectivity index (χ1v) is 4.05. The Kier molecular flexibility index (Phi) is 5.50. The number of benzene rings is 1. The molecule has 0 radical (unpaired) electrons. The third-order valence-electron chi connectivity index (χ3n) is 1.84. The van der Waals surface area contributed by atoms with Crippen molar-refractivity contribution in [2.75, 3.05) is 0 Å². The standard InChI is InChI=1S/C9H11NO4.H3N/c11-9(12)8(10(13)14)6-7-4-2-1-3-5-7;/h1-5,8,13-14H,6H2,(H,11,12);1H3/t8-;/m0./s1. The van der Waals surface area contributed by atoms with Crippen LogP contribution in [-0.2, 0) is 11.2 Å². The van der Waals surface area contributed by atoms with Crippen molar-refractivity contribution in [3.8, 4) is 0 Å². The molecule has 0 amide bonds. The van der Waals surface area contributed by atoms with E-state index in [0.717, 1.165) is 5.56 Å². The smallest absolute Gasteiger partial charge is 0.326 e. The van der Waals surface area contributed by atoms with E-state index < -0.39 is 12.0 Å². The molecule has 0 aliphatic rings. The van der Waals surface area contributed by atoms with Crippen molar-refractivity contribution in [3.05, 3.63) is 35.9 Å². The van der Waals surface area contributed by atoms with E-state index in [4.69, 9.17) is 15.5 Å². The molecule has 0 heterocycles. The van der Waals surface area contributed by atoms with Crippen LogP contribution in [0, 0.1) is 0 Å². The highest BCUT2D eigenvalue weighted by Crippen LogP contribution is 2.06. The number of carbonyl (C=O) groups is 1. The topological polar surface area (TPSA) is 116 Å². The molecule has 1 atom stereocenters. The summed E-state index contributed by atoms with van der Waals surface area (Å²) in [6.45, 7) is 0. The van der Waals surface area contributed by atoms with Crippen molar-refractivity contribution in [1.82, 2.24) is 11.4 Å². The maximum absolute atomic E-state index is 10.6. The second kappa shape index (κ2) is 6.10. The molecule has 1 aromatic carbocycles. The maximum Gasteiger partial charge on any atom is 0.326 e. The highest BCUT2D eigenvalue weighted by molar-refractivity contribution is 5.73. The zero-order valence-corrected chi connectivity index (χ0v) is 8.08. The zero-order valence-electron chi connectivity index (χ0n) is 8.08. The third kappa shape index (κ3) is 4.05. The van der Waals surface area contributed by atoms with E-state index in [1.54, 1.807) is 30.3 Å². The molecule has 6 N–H and O–H groups in total. The Bertz CT molecular complexity index is 302. The van der Waals surface area contributed by atoms with Gasteiger partial charge in [0, 0.05) is 6.42 Å². The van der Waals surface area contributed by atoms with Crippen molar-refractivity contribution in [3.63, 3.8) is 0 Å². The lowest BCUT2D eigenvalue weighted by Crippen LogP contribution is -2.38. The van der Waals surface area contributed by atoms with E-state index >= 15 is 0 Å². The number of hydroxylamine groups is 2. The summed E-state index contributed by atoms with van der Waals surface area (Å²) in [7, 11) is 0. The minimum atomic E-state index is -1.34. The van der Waals surface area contributed by atoms with Crippen LogP contribution in [-0.4, -0.2) is 32.8 Å². The Morgan fingerprint density at radius 3 is 2.20 bits per heavy atom. The monoisotopic (exact) mass is 214 g/mol. The van der Waals surface area contributed by atoms with Gasteiger partial charge in [-0.15, -0.1) is 0 Å². The zero-order chi connectivity index (χ0) is 10.6. The van der Waals surface area contributed by atoms with E-state index in [2.05, 4.69) is 0 Å². The largest absolute Gasteiger partial charge is 0.480 e. The van der Waals surface area contributed by atoms with Gasteiger partial charge in [-0.25, -0.2) is 0 Å². The van der Waals surface area contributed by atoms with Gasteiger partial charge in [0.25, 0.3) is 0 Å². The molecule has 1 rings (SSSR count). The minimum absolute atomic E-state index is 0. The van der Waals surface area contributed by atoms with E-state index in [9.17, 15) is 4.79 Å². The summed E-state index contributed by atoms with van der Waals surface area (Å²) in [5.41, 5.74) is 0.730. The summed E-state index contributed by atoms with van der Waals surface area (Å²) >= 11 is 0. The van der Waals surface area contributed by atoms with Crippen LogP contribution in [0.1, 0.15) is 5.56 Å². The molecular weight excluding hydrogens is 200 g/mol. The first kappa shape index (κ1) is 13.5. The first-order valence-electron chi connectivity index (χ1n) is 4.05. The summed E-state index contributed by atoms with van der Waals surface area (Å²) < 4.78 is 0. The van der Waals surface area contributed by atoms with Gasteiger partial charge in [0.15, 0.2) is 6.04 Å². The quantitative estimate of drug-likeness (QED) is 0.554. The highest BCUT2D eigenvalue weighted by atomic mass is 16.8. The van der Waals surface area contributed by atoms with Gasteiger partial charge in [-0.2, -0.15) is 0 Å². The molecule has 84 valence electrons. The number of carboxylic acid groups (broad SMARTS) is 1. The molecule has 0 unspecified atom stereocenters. The second-order valence-electron chi connectivity index (χ2n) is 2.86. The fourth-order valence-electron chi connectivity index (χ4n) is 1.11. The molecule has 0 spiro atoms. The van der Waals surface area contributed by atoms with E-state index in [0.29, 0.717) is 0 Å². The number of nitrogens with zero attached hydrogens (tertiary/aromatic N) is 1. The number of hydrogen-bond donors (Lipinski definition) is 4. The van der Waals surface area contributed by atoms with Crippen LogP contribution in [0.3, 0.4) is 0 Å². The number of carboxylic acids is 1. The number of rotatable bonds is 4. The summed E-state index contributed by atoms with van der Waals surface area (Å²) in [6.07, 6.45) is 0.0448. The van der Waals surface area contributed by atoms with Crippen LogP contribution in [0.5, 0.6) is 0 Å². The summed E-state index contributed by atoms with van der Waals surface area (Å²) in [5.74, 6) is -1.28. The lowest BCUT2D eigenvalue weighted by Gasteiger charge is -2.15. The van der Waals surface area contributed by atoms with Crippen molar-refractivity contribution in [2.45, 2.75) is 12.5 Å². The van der Waals surface area contributed by atoms with Gasteiger partial charge < -0.3 is 11.3 Å². The van der Waals surface area contributed by atoms with Crippen LogP contribution in [0.2, 0.25) is 0 Å². The Labute approximate surface area is 86.9 Å². The van der Waals surface area contributed by atoms with Gasteiger partial charge in [0.05, 0.1) is 0 Å². The van der Waals surface area contributed by atoms with Crippen LogP contribution in [0.15, 0.2) is 30.3 Å². The number of hydrogen-bond acceptors (Lipinski definition) is 5. The fraction of sp³-hybridized carbons (Fsp3) is 0.222. The van der Waals surface area contributed by atoms with Gasteiger partial charge in [0.1, 0.15) is 0 Å². The molecule has 15 heavy (non-hydrogen) atoms. The van der Waals surface area contributed by atoms with Crippen LogP contribution < -0.4 is 6.15 Å². The SMILES string of the molecule is N.O=C(O)[C@H](Cc1ccccc1)N(O)O. The van der Waals surface area contributed by atoms with E-state index in [-0.39, 0.29) is 17.8 Å². The van der Waals surface area contributed by atoms with Crippen LogP contribution >= 0.6 is 0 Å². The molecular formula is C9H14N2O4. The molecule has 0 aliphatic carbocycles. The summed E-state index contributed by atoms with van der Waals surface area (Å²) in [4.78, 5) is 10.6. The molecule has 0 saturated heterocycles. The van der Waals surface area contributed by atoms with Gasteiger partial charge in [-0.3, -0.25) is 15.2 Å². The Morgan fingerprint density at radius 2 is 1.80 bits per heavy atom. The average Bonchev–Trinajstić information content (AvgIpc) is 2.15. The fourth-order valence-corrected chi connectivity index (χ4v) is 1.11. The van der Waals surface area contributed by atoms with Gasteiger partial charge in [-0.05, 0) is 5.56 Å². The van der Waals surface area contributed by atoms with Crippen molar-refractivity contribution < 1.29 is 20.3 Å². The number of aliphatic carboxylic acids is 1. The minimum Gasteiger partial charge on any atom is -0.480 e. The molecule has 1 aromatic rings. The Balaban J connectivity index is 0.00000196. The van der Waals surface area contributed by atoms with Gasteiger partial charge in [-0.1, -0.05) is 35.6 Å². The lowest BCUT2D eigenvalue weighted by molar-refractivity contribution is -0.327. The van der Waals surface area contributed by atoms with E-state index in [1.165, 1.54) is 0 Å². The normalized spacial score (nSPS) is 11.9. The average molecular weight is 214 g/mol. The second-order valence-corrected chi connectivity index (χ2v) is 2.86. The maximum atomic E-state index is 10.6. The molecule has 0 saturated carbocycles. The predicted molar refractivity (Wildman–Crippen MR) is 52.0 cm³/mol. The Morgan fingerprint density at radius 1 is 1.27 bits per heavy atom. The molecule has 0 fully saturated rings. The van der Waals surface area contributed by atoms with E-state index in [1.807, 2.05) is 0 Å². The van der Waals surface area contributed by atoms with Crippen molar-refractivity contribution in [2.24, 2.45) is 0 Å². The Hall–Kier alpha value is -1.47. The summed E-state index contributed by atoms with van der Waals surface area (Å²) in [5, 5.41) is 25.7. The lowest BCUT2D eigenvalue weighted by atomic mass is 10.1. The molecule has 0 aliphatic heterocycles. The van der Waals surface area contributed by atoms with Gasteiger partial charge in [0.2, 0.25) is 0 Å². The van der Waals surface area contributed by atoms with Crippen LogP contribution in [0.25, 0.3) is 0 Å². The predicted octanol–water partition coefficient (Wildman–Crippen LogP) is 0.925. The summed E-state index contributed by atoms with van der Waals surface area (Å²) in [6, 6.07) is 7.42. The highest BCUT2D eigenvalue weighted by Gasteiger charge is 2.23. The molecule has 6 nitrogen and oxygen atoms in total. The molecule has 6 heteroatoms.